The Morgan fingerprint density at radius 1 is 1.06 bits per heavy atom. The van der Waals surface area contributed by atoms with Gasteiger partial charge in [-0.3, -0.25) is 0 Å². The Morgan fingerprint density at radius 2 is 1.65 bits per heavy atom. The van der Waals surface area contributed by atoms with Crippen molar-refractivity contribution in [2.75, 3.05) is 0 Å². The Bertz CT molecular complexity index is 331. The fourth-order valence-corrected chi connectivity index (χ4v) is 3.01. The number of halogens is 1. The topological polar surface area (TPSA) is 0 Å². The second-order valence-corrected chi connectivity index (χ2v) is 5.86. The van der Waals surface area contributed by atoms with Gasteiger partial charge in [-0.15, -0.1) is 0 Å². The smallest absolute Gasteiger partial charge is 0.123 e. The van der Waals surface area contributed by atoms with Crippen molar-refractivity contribution < 1.29 is 4.39 Å². The van der Waals surface area contributed by atoms with Crippen LogP contribution in [0.2, 0.25) is 0 Å². The average Bonchev–Trinajstić information content (AvgIpc) is 2.33. The molecular formula is C16H23F. The lowest BCUT2D eigenvalue weighted by Crippen LogP contribution is -2.19. The molecule has 0 unspecified atom stereocenters. The van der Waals surface area contributed by atoms with Gasteiger partial charge in [-0.25, -0.2) is 4.39 Å². The molecule has 1 aromatic rings. The zero-order chi connectivity index (χ0) is 12.3. The van der Waals surface area contributed by atoms with Crippen LogP contribution in [0.5, 0.6) is 0 Å². The molecule has 0 aliphatic heterocycles. The predicted octanol–water partition coefficient (Wildman–Crippen LogP) is 4.83. The van der Waals surface area contributed by atoms with Crippen LogP contribution in [-0.4, -0.2) is 0 Å². The van der Waals surface area contributed by atoms with E-state index in [-0.39, 0.29) is 5.82 Å². The van der Waals surface area contributed by atoms with Crippen LogP contribution in [0, 0.1) is 23.6 Å². The summed E-state index contributed by atoms with van der Waals surface area (Å²) in [6, 6.07) is 7.03. The van der Waals surface area contributed by atoms with Crippen LogP contribution in [0.4, 0.5) is 4.39 Å². The minimum Gasteiger partial charge on any atom is -0.207 e. The van der Waals surface area contributed by atoms with Crippen molar-refractivity contribution >= 4 is 0 Å². The molecule has 0 heterocycles. The van der Waals surface area contributed by atoms with E-state index in [0.29, 0.717) is 0 Å². The molecule has 1 aromatic carbocycles. The summed E-state index contributed by atoms with van der Waals surface area (Å²) < 4.78 is 12.8. The summed E-state index contributed by atoms with van der Waals surface area (Å²) in [5, 5.41) is 0. The maximum absolute atomic E-state index is 12.8. The molecule has 1 aliphatic rings. The van der Waals surface area contributed by atoms with Gasteiger partial charge >= 0.3 is 0 Å². The molecule has 0 saturated heterocycles. The van der Waals surface area contributed by atoms with Crippen molar-refractivity contribution in [3.8, 4) is 0 Å². The van der Waals surface area contributed by atoms with Crippen LogP contribution in [0.15, 0.2) is 24.3 Å². The van der Waals surface area contributed by atoms with Gasteiger partial charge in [-0.2, -0.15) is 0 Å². The summed E-state index contributed by atoms with van der Waals surface area (Å²) in [6.45, 7) is 4.68. The maximum atomic E-state index is 12.8. The van der Waals surface area contributed by atoms with E-state index in [1.165, 1.54) is 31.2 Å². The van der Waals surface area contributed by atoms with Gasteiger partial charge in [0, 0.05) is 0 Å². The monoisotopic (exact) mass is 234 g/mol. The van der Waals surface area contributed by atoms with E-state index in [4.69, 9.17) is 0 Å². The number of rotatable bonds is 3. The summed E-state index contributed by atoms with van der Waals surface area (Å²) in [7, 11) is 0. The summed E-state index contributed by atoms with van der Waals surface area (Å²) in [5.74, 6) is 2.45. The van der Waals surface area contributed by atoms with Gasteiger partial charge in [0.25, 0.3) is 0 Å². The van der Waals surface area contributed by atoms with Crippen molar-refractivity contribution in [2.45, 2.75) is 46.0 Å². The highest BCUT2D eigenvalue weighted by Crippen LogP contribution is 2.34. The molecule has 17 heavy (non-hydrogen) atoms. The van der Waals surface area contributed by atoms with Gasteiger partial charge in [0.15, 0.2) is 0 Å². The SMILES string of the molecule is CC(C)C1CCC(Cc2ccc(F)cc2)CC1. The second-order valence-electron chi connectivity index (χ2n) is 5.86. The third-order valence-electron chi connectivity index (χ3n) is 4.27. The Labute approximate surface area is 104 Å². The van der Waals surface area contributed by atoms with Crippen molar-refractivity contribution in [1.29, 1.82) is 0 Å². The molecule has 1 saturated carbocycles. The normalized spacial score (nSPS) is 25.2. The quantitative estimate of drug-likeness (QED) is 0.702. The standard InChI is InChI=1S/C16H23F/c1-12(2)15-7-3-13(4-8-15)11-14-5-9-16(17)10-6-14/h5-6,9-10,12-13,15H,3-4,7-8,11H2,1-2H3. The van der Waals surface area contributed by atoms with Crippen molar-refractivity contribution in [2.24, 2.45) is 17.8 Å². The zero-order valence-corrected chi connectivity index (χ0v) is 11.0. The average molecular weight is 234 g/mol. The molecule has 0 N–H and O–H groups in total. The van der Waals surface area contributed by atoms with Gasteiger partial charge < -0.3 is 0 Å². The largest absolute Gasteiger partial charge is 0.207 e. The summed E-state index contributed by atoms with van der Waals surface area (Å²) in [6.07, 6.45) is 6.58. The van der Waals surface area contributed by atoms with Gasteiger partial charge in [-0.1, -0.05) is 26.0 Å². The van der Waals surface area contributed by atoms with Crippen LogP contribution in [-0.2, 0) is 6.42 Å². The predicted molar refractivity (Wildman–Crippen MR) is 70.4 cm³/mol. The number of hydrogen-bond donors (Lipinski definition) is 0. The molecule has 0 bridgehead atoms. The fraction of sp³-hybridized carbons (Fsp3) is 0.625. The van der Waals surface area contributed by atoms with E-state index >= 15 is 0 Å². The van der Waals surface area contributed by atoms with Gasteiger partial charge in [0.1, 0.15) is 5.82 Å². The highest BCUT2D eigenvalue weighted by molar-refractivity contribution is 5.16. The summed E-state index contributed by atoms with van der Waals surface area (Å²) >= 11 is 0. The first-order chi connectivity index (χ1) is 8.15. The third kappa shape index (κ3) is 3.55. The van der Waals surface area contributed by atoms with Crippen LogP contribution >= 0.6 is 0 Å². The highest BCUT2D eigenvalue weighted by Gasteiger charge is 2.23. The van der Waals surface area contributed by atoms with E-state index in [1.807, 2.05) is 12.1 Å². The van der Waals surface area contributed by atoms with E-state index < -0.39 is 0 Å². The van der Waals surface area contributed by atoms with Crippen LogP contribution in [0.1, 0.15) is 45.1 Å². The first kappa shape index (κ1) is 12.6. The van der Waals surface area contributed by atoms with Crippen molar-refractivity contribution in [3.63, 3.8) is 0 Å². The minimum absolute atomic E-state index is 0.128. The number of hydrogen-bond acceptors (Lipinski definition) is 0. The highest BCUT2D eigenvalue weighted by atomic mass is 19.1. The zero-order valence-electron chi connectivity index (χ0n) is 11.0. The van der Waals surface area contributed by atoms with E-state index in [2.05, 4.69) is 13.8 Å². The molecule has 2 rings (SSSR count). The summed E-state index contributed by atoms with van der Waals surface area (Å²) in [5.41, 5.74) is 1.29. The van der Waals surface area contributed by atoms with Crippen molar-refractivity contribution in [3.05, 3.63) is 35.6 Å². The molecule has 0 spiro atoms. The van der Waals surface area contributed by atoms with Crippen LogP contribution in [0.25, 0.3) is 0 Å². The molecule has 1 aliphatic carbocycles. The lowest BCUT2D eigenvalue weighted by Gasteiger charge is -2.30. The van der Waals surface area contributed by atoms with E-state index in [9.17, 15) is 4.39 Å². The van der Waals surface area contributed by atoms with Crippen molar-refractivity contribution in [1.82, 2.24) is 0 Å². The molecule has 0 radical (unpaired) electrons. The second kappa shape index (κ2) is 5.66. The number of benzene rings is 1. The van der Waals surface area contributed by atoms with Gasteiger partial charge in [-0.05, 0) is 67.6 Å². The third-order valence-corrected chi connectivity index (χ3v) is 4.27. The summed E-state index contributed by atoms with van der Waals surface area (Å²) in [4.78, 5) is 0. The fourth-order valence-electron chi connectivity index (χ4n) is 3.01. The van der Waals surface area contributed by atoms with Gasteiger partial charge in [0.2, 0.25) is 0 Å². The lowest BCUT2D eigenvalue weighted by atomic mass is 9.75. The first-order valence-corrected chi connectivity index (χ1v) is 6.89. The molecule has 0 nitrogen and oxygen atoms in total. The Balaban J connectivity index is 1.84. The molecule has 0 aromatic heterocycles. The van der Waals surface area contributed by atoms with Gasteiger partial charge in [0.05, 0.1) is 0 Å². The molecule has 1 heteroatoms. The maximum Gasteiger partial charge on any atom is 0.123 e. The Morgan fingerprint density at radius 3 is 2.18 bits per heavy atom. The molecule has 0 atom stereocenters. The van der Waals surface area contributed by atoms with Crippen LogP contribution < -0.4 is 0 Å². The van der Waals surface area contributed by atoms with Crippen LogP contribution in [0.3, 0.4) is 0 Å². The Kier molecular flexibility index (Phi) is 4.20. The molecule has 1 fully saturated rings. The Hall–Kier alpha value is -0.850. The van der Waals surface area contributed by atoms with E-state index in [1.54, 1.807) is 12.1 Å². The molecule has 0 amide bonds. The molecular weight excluding hydrogens is 211 g/mol. The lowest BCUT2D eigenvalue weighted by molar-refractivity contribution is 0.223. The molecule has 94 valence electrons. The van der Waals surface area contributed by atoms with E-state index in [0.717, 1.165) is 24.2 Å². The minimum atomic E-state index is -0.128. The first-order valence-electron chi connectivity index (χ1n) is 6.89.